The van der Waals surface area contributed by atoms with Crippen LogP contribution in [0, 0.1) is 6.92 Å². The van der Waals surface area contributed by atoms with Crippen LogP contribution in [0.2, 0.25) is 0 Å². The van der Waals surface area contributed by atoms with Gasteiger partial charge < -0.3 is 0 Å². The summed E-state index contributed by atoms with van der Waals surface area (Å²) in [5.41, 5.74) is 4.43. The molecule has 2 heteroatoms. The van der Waals surface area contributed by atoms with Gasteiger partial charge in [-0.05, 0) is 50.5 Å². The highest BCUT2D eigenvalue weighted by Crippen LogP contribution is 2.24. The van der Waals surface area contributed by atoms with E-state index in [0.29, 0.717) is 0 Å². The molecule has 78 heavy (non-hydrogen) atoms. The van der Waals surface area contributed by atoms with Gasteiger partial charge in [0, 0.05) is 17.8 Å². The summed E-state index contributed by atoms with van der Waals surface area (Å²) in [4.78, 5) is 10.7. The second kappa shape index (κ2) is 65.2. The van der Waals surface area contributed by atoms with Crippen LogP contribution in [0.15, 0.2) is 0 Å². The molecule has 1 aromatic rings. The van der Waals surface area contributed by atoms with E-state index in [9.17, 15) is 0 Å². The Morgan fingerprint density at radius 1 is 0.192 bits per heavy atom. The van der Waals surface area contributed by atoms with E-state index in [-0.39, 0.29) is 0 Å². The van der Waals surface area contributed by atoms with Gasteiger partial charge in [0.15, 0.2) is 0 Å². The van der Waals surface area contributed by atoms with E-state index in [1.807, 2.05) is 0 Å². The Morgan fingerprint density at radius 2 is 0.346 bits per heavy atom. The molecule has 0 unspecified atom stereocenters. The van der Waals surface area contributed by atoms with Crippen molar-refractivity contribution in [3.63, 3.8) is 0 Å². The van der Waals surface area contributed by atoms with E-state index >= 15 is 0 Å². The molecule has 0 fully saturated rings. The van der Waals surface area contributed by atoms with Gasteiger partial charge >= 0.3 is 0 Å². The monoisotopic (exact) mass is 1090 g/mol. The smallest absolute Gasteiger partial charge is 0.128 e. The van der Waals surface area contributed by atoms with Crippen LogP contribution in [0.5, 0.6) is 0 Å². The maximum absolute atomic E-state index is 5.34. The van der Waals surface area contributed by atoms with Crippen molar-refractivity contribution in [2.75, 3.05) is 0 Å². The van der Waals surface area contributed by atoms with Gasteiger partial charge in [-0.3, -0.25) is 0 Å². The second-order valence-corrected chi connectivity index (χ2v) is 26.1. The number of aromatic nitrogens is 2. The van der Waals surface area contributed by atoms with Crippen molar-refractivity contribution in [1.82, 2.24) is 9.97 Å². The number of rotatable bonds is 68. The first kappa shape index (κ1) is 75.1. The van der Waals surface area contributed by atoms with Crippen molar-refractivity contribution in [3.8, 4) is 0 Å². The van der Waals surface area contributed by atoms with E-state index in [1.54, 1.807) is 5.56 Å². The molecule has 461 valence electrons. The van der Waals surface area contributed by atoms with Gasteiger partial charge in [-0.25, -0.2) is 9.97 Å². The lowest BCUT2D eigenvalue weighted by atomic mass is 9.96. The molecule has 0 bridgehead atoms. The van der Waals surface area contributed by atoms with Crippen molar-refractivity contribution in [2.24, 2.45) is 0 Å². The summed E-state index contributed by atoms with van der Waals surface area (Å²) in [6.07, 6.45) is 96.3. The Kier molecular flexibility index (Phi) is 62.8. The Hall–Kier alpha value is -0.920. The third-order valence-corrected chi connectivity index (χ3v) is 18.2. The average molecular weight is 1090 g/mol. The molecule has 2 nitrogen and oxygen atoms in total. The summed E-state index contributed by atoms with van der Waals surface area (Å²) in [5, 5.41) is 0. The first-order valence-electron chi connectivity index (χ1n) is 37.4. The minimum absolute atomic E-state index is 0.899. The molecule has 1 aromatic heterocycles. The Labute approximate surface area is 494 Å². The lowest BCUT2D eigenvalue weighted by Gasteiger charge is -2.16. The molecule has 0 atom stereocenters. The van der Waals surface area contributed by atoms with Gasteiger partial charge in [-0.2, -0.15) is 0 Å². The average Bonchev–Trinajstić information content (AvgIpc) is 3.47. The van der Waals surface area contributed by atoms with Gasteiger partial charge in [0.05, 0.1) is 0 Å². The molecule has 0 N–H and O–H groups in total. The van der Waals surface area contributed by atoms with Gasteiger partial charge in [0.25, 0.3) is 0 Å². The molecule has 0 amide bonds. The number of aryl methyl sites for hydroxylation is 3. The fourth-order valence-electron chi connectivity index (χ4n) is 12.8. The summed E-state index contributed by atoms with van der Waals surface area (Å²) in [6.45, 7) is 11.2. The topological polar surface area (TPSA) is 25.8 Å². The van der Waals surface area contributed by atoms with Crippen LogP contribution in [-0.2, 0) is 25.7 Å². The van der Waals surface area contributed by atoms with Crippen molar-refractivity contribution < 1.29 is 0 Å². The first-order valence-corrected chi connectivity index (χ1v) is 37.4. The third-order valence-electron chi connectivity index (χ3n) is 18.2. The van der Waals surface area contributed by atoms with Gasteiger partial charge in [0.2, 0.25) is 0 Å². The minimum atomic E-state index is 0.899. The van der Waals surface area contributed by atoms with Crippen LogP contribution < -0.4 is 0 Å². The molecule has 1 rings (SSSR count). The van der Waals surface area contributed by atoms with Crippen LogP contribution in [0.1, 0.15) is 454 Å². The van der Waals surface area contributed by atoms with E-state index in [4.69, 9.17) is 9.97 Å². The van der Waals surface area contributed by atoms with Gasteiger partial charge in [0.1, 0.15) is 5.82 Å². The van der Waals surface area contributed by atoms with Crippen LogP contribution in [0.4, 0.5) is 0 Å². The maximum Gasteiger partial charge on any atom is 0.128 e. The number of hydrogen-bond acceptors (Lipinski definition) is 2. The first-order chi connectivity index (χ1) is 38.8. The van der Waals surface area contributed by atoms with Crippen LogP contribution >= 0.6 is 0 Å². The predicted octanol–water partition coefficient (Wildman–Crippen LogP) is 27.5. The molecule has 0 aliphatic carbocycles. The van der Waals surface area contributed by atoms with Gasteiger partial charge in [-0.15, -0.1) is 0 Å². The summed E-state index contributed by atoms with van der Waals surface area (Å²) < 4.78 is 0. The van der Waals surface area contributed by atoms with E-state index < -0.39 is 0 Å². The standard InChI is InChI=1S/C76H147N2/c1-5-9-12-15-18-21-24-27-30-33-36-39-42-45-48-51-54-57-60-63-66-70-73-74(71-67-64-61-58-55-52-49-46-43-40-37-34-31-28-25-22-19-16-13-10-6-2)77-76(69-8-4)78-75(73)72-68-65-62-59-56-53-50-47-44-41-38-35-32-29-26-23-20-17-14-11-7-3/h4-72H2,1-3H3. The molecular weight excluding hydrogens is 941 g/mol. The lowest BCUT2D eigenvalue weighted by molar-refractivity contribution is 0.518. The van der Waals surface area contributed by atoms with Crippen molar-refractivity contribution in [2.45, 2.75) is 457 Å². The highest BCUT2D eigenvalue weighted by atomic mass is 14.9. The number of unbranched alkanes of at least 4 members (excludes halogenated alkanes) is 60. The van der Waals surface area contributed by atoms with Gasteiger partial charge in [-0.1, -0.05) is 413 Å². The van der Waals surface area contributed by atoms with E-state index in [0.717, 1.165) is 31.5 Å². The van der Waals surface area contributed by atoms with E-state index in [2.05, 4.69) is 27.7 Å². The quantitative estimate of drug-likeness (QED) is 0.0608. The zero-order valence-corrected chi connectivity index (χ0v) is 54.7. The molecule has 0 spiro atoms. The highest BCUT2D eigenvalue weighted by molar-refractivity contribution is 5.27. The molecule has 1 heterocycles. The predicted molar refractivity (Wildman–Crippen MR) is 355 cm³/mol. The zero-order chi connectivity index (χ0) is 55.8. The maximum atomic E-state index is 5.34. The molecule has 0 aliphatic rings. The van der Waals surface area contributed by atoms with E-state index in [1.165, 1.54) is 422 Å². The fraction of sp³-hybridized carbons (Fsp3) is 0.934. The highest BCUT2D eigenvalue weighted by Gasteiger charge is 2.15. The molecule has 1 radical (unpaired) electrons. The fourth-order valence-corrected chi connectivity index (χ4v) is 12.8. The Bertz CT molecular complexity index is 1190. The van der Waals surface area contributed by atoms with Crippen molar-refractivity contribution in [3.05, 3.63) is 29.7 Å². The summed E-state index contributed by atoms with van der Waals surface area (Å²) >= 11 is 0. The molecule has 0 aromatic carbocycles. The SMILES string of the molecule is [CH2]CCc1nc(CCCCCCCCCCCCCCCCCCCCCCC)c(CCCCCCCCCCCCCCCCCCCCCCC)c(CCCCCCCCCCCCCCCCCCCCCCC)n1. The minimum Gasteiger partial charge on any atom is -0.238 e. The van der Waals surface area contributed by atoms with Crippen LogP contribution in [0.25, 0.3) is 0 Å². The normalized spacial score (nSPS) is 11.7. The lowest BCUT2D eigenvalue weighted by Crippen LogP contribution is -2.11. The summed E-state index contributed by atoms with van der Waals surface area (Å²) in [5.74, 6) is 1.09. The molecule has 0 aliphatic heterocycles. The zero-order valence-electron chi connectivity index (χ0n) is 54.7. The van der Waals surface area contributed by atoms with Crippen LogP contribution in [-0.4, -0.2) is 9.97 Å². The number of nitrogens with zero attached hydrogens (tertiary/aromatic N) is 2. The second-order valence-electron chi connectivity index (χ2n) is 26.1. The number of hydrogen-bond donors (Lipinski definition) is 0. The van der Waals surface area contributed by atoms with Crippen molar-refractivity contribution in [1.29, 1.82) is 0 Å². The Balaban J connectivity index is 2.39. The largest absolute Gasteiger partial charge is 0.238 e. The summed E-state index contributed by atoms with van der Waals surface area (Å²) in [6, 6.07) is 0. The summed E-state index contributed by atoms with van der Waals surface area (Å²) in [7, 11) is 0. The molecular formula is C76H147N2. The molecule has 0 saturated heterocycles. The van der Waals surface area contributed by atoms with Crippen LogP contribution in [0.3, 0.4) is 0 Å². The third kappa shape index (κ3) is 54.3. The Morgan fingerprint density at radius 3 is 0.513 bits per heavy atom. The van der Waals surface area contributed by atoms with Crippen molar-refractivity contribution >= 4 is 0 Å². The molecule has 0 saturated carbocycles.